The maximum Gasteiger partial charge on any atom is 0.229 e. The maximum absolute atomic E-state index is 14.3. The predicted molar refractivity (Wildman–Crippen MR) is 111 cm³/mol. The average Bonchev–Trinajstić information content (AvgIpc) is 2.76. The number of halogens is 1. The van der Waals surface area contributed by atoms with Crippen LogP contribution in [0.25, 0.3) is 0 Å². The molecule has 9 heteroatoms. The topological polar surface area (TPSA) is 104 Å². The minimum absolute atomic E-state index is 0.0121. The van der Waals surface area contributed by atoms with Crippen LogP contribution in [0.3, 0.4) is 0 Å². The fourth-order valence-corrected chi connectivity index (χ4v) is 3.01. The molecular formula is C21H20FN5O3. The number of nitrogens with one attached hydrogen (secondary N) is 2. The van der Waals surface area contributed by atoms with Gasteiger partial charge in [-0.15, -0.1) is 0 Å². The van der Waals surface area contributed by atoms with Crippen LogP contribution in [0.5, 0.6) is 11.5 Å². The van der Waals surface area contributed by atoms with Gasteiger partial charge in [0.05, 0.1) is 26.7 Å². The molecule has 1 aliphatic carbocycles. The van der Waals surface area contributed by atoms with E-state index in [1.54, 1.807) is 44.8 Å². The number of allylic oxidation sites excluding steroid dienone is 5. The van der Waals surface area contributed by atoms with Crippen molar-refractivity contribution >= 4 is 17.5 Å². The molecule has 4 rings (SSSR count). The predicted octanol–water partition coefficient (Wildman–Crippen LogP) is 3.72. The molecule has 2 aliphatic rings. The van der Waals surface area contributed by atoms with E-state index in [0.29, 0.717) is 35.1 Å². The molecule has 30 heavy (non-hydrogen) atoms. The maximum atomic E-state index is 14.3. The summed E-state index contributed by atoms with van der Waals surface area (Å²) >= 11 is 0. The summed E-state index contributed by atoms with van der Waals surface area (Å²) in [5.41, 5.74) is 8.89. The van der Waals surface area contributed by atoms with Crippen LogP contribution in [0.15, 0.2) is 71.6 Å². The third kappa shape index (κ3) is 4.04. The van der Waals surface area contributed by atoms with E-state index >= 15 is 0 Å². The van der Waals surface area contributed by atoms with Crippen molar-refractivity contribution in [2.45, 2.75) is 6.42 Å². The molecule has 0 saturated carbocycles. The van der Waals surface area contributed by atoms with Crippen LogP contribution >= 0.6 is 0 Å². The molecule has 0 spiro atoms. The van der Waals surface area contributed by atoms with Crippen molar-refractivity contribution in [3.05, 3.63) is 77.4 Å². The summed E-state index contributed by atoms with van der Waals surface area (Å²) in [6.45, 7) is 0. The second-order valence-electron chi connectivity index (χ2n) is 6.50. The Bertz CT molecular complexity index is 1090. The van der Waals surface area contributed by atoms with Crippen molar-refractivity contribution in [2.75, 3.05) is 24.9 Å². The zero-order chi connectivity index (χ0) is 21.1. The van der Waals surface area contributed by atoms with Gasteiger partial charge in [-0.1, -0.05) is 0 Å². The SMILES string of the molecule is COc1cc(Nc2nc(NC3=CC=C4OC=CC(N)=C4C3)ncc2F)cc(OC)c1. The normalized spacial score (nSPS) is 14.9. The van der Waals surface area contributed by atoms with Crippen molar-refractivity contribution < 1.29 is 18.6 Å². The van der Waals surface area contributed by atoms with Crippen molar-refractivity contribution in [2.24, 2.45) is 5.73 Å². The first-order valence-electron chi connectivity index (χ1n) is 9.08. The Morgan fingerprint density at radius 1 is 1.10 bits per heavy atom. The van der Waals surface area contributed by atoms with Gasteiger partial charge in [0.15, 0.2) is 11.6 Å². The fourth-order valence-electron chi connectivity index (χ4n) is 3.01. The molecule has 0 bridgehead atoms. The Hall–Kier alpha value is -4.01. The highest BCUT2D eigenvalue weighted by Gasteiger charge is 2.19. The summed E-state index contributed by atoms with van der Waals surface area (Å²) in [7, 11) is 3.08. The van der Waals surface area contributed by atoms with Gasteiger partial charge < -0.3 is 30.6 Å². The number of anilines is 3. The molecule has 8 nitrogen and oxygen atoms in total. The summed E-state index contributed by atoms with van der Waals surface area (Å²) < 4.78 is 30.3. The lowest BCUT2D eigenvalue weighted by molar-refractivity contribution is 0.351. The van der Waals surface area contributed by atoms with Gasteiger partial charge in [0.1, 0.15) is 17.3 Å². The fraction of sp³-hybridized carbons (Fsp3) is 0.143. The summed E-state index contributed by atoms with van der Waals surface area (Å²) in [4.78, 5) is 8.28. The van der Waals surface area contributed by atoms with E-state index in [2.05, 4.69) is 20.6 Å². The zero-order valence-electron chi connectivity index (χ0n) is 16.4. The number of aromatic nitrogens is 2. The molecule has 0 radical (unpaired) electrons. The van der Waals surface area contributed by atoms with Gasteiger partial charge >= 0.3 is 0 Å². The second kappa shape index (κ2) is 8.16. The van der Waals surface area contributed by atoms with Crippen LogP contribution in [0.1, 0.15) is 6.42 Å². The lowest BCUT2D eigenvalue weighted by Crippen LogP contribution is -2.14. The number of nitrogens with two attached hydrogens (primary N) is 1. The largest absolute Gasteiger partial charge is 0.497 e. The van der Waals surface area contributed by atoms with Crippen molar-refractivity contribution in [1.29, 1.82) is 0 Å². The number of benzene rings is 1. The number of ether oxygens (including phenoxy) is 3. The molecule has 1 aliphatic heterocycles. The first-order valence-corrected chi connectivity index (χ1v) is 9.08. The lowest BCUT2D eigenvalue weighted by atomic mass is 9.99. The van der Waals surface area contributed by atoms with Crippen LogP contribution in [-0.2, 0) is 4.74 Å². The number of rotatable bonds is 6. The van der Waals surface area contributed by atoms with Crippen molar-refractivity contribution in [1.82, 2.24) is 9.97 Å². The van der Waals surface area contributed by atoms with E-state index < -0.39 is 5.82 Å². The molecule has 1 aromatic carbocycles. The first kappa shape index (κ1) is 19.3. The van der Waals surface area contributed by atoms with Gasteiger partial charge in [-0.2, -0.15) is 4.98 Å². The van der Waals surface area contributed by atoms with Gasteiger partial charge in [-0.3, -0.25) is 0 Å². The molecule has 2 heterocycles. The monoisotopic (exact) mass is 409 g/mol. The minimum atomic E-state index is -0.597. The molecule has 4 N–H and O–H groups in total. The van der Waals surface area contributed by atoms with E-state index in [1.165, 1.54) is 0 Å². The van der Waals surface area contributed by atoms with E-state index in [0.717, 1.165) is 17.5 Å². The van der Waals surface area contributed by atoms with Gasteiger partial charge in [0.25, 0.3) is 0 Å². The Balaban J connectivity index is 1.55. The minimum Gasteiger partial charge on any atom is -0.497 e. The summed E-state index contributed by atoms with van der Waals surface area (Å²) in [6, 6.07) is 5.13. The zero-order valence-corrected chi connectivity index (χ0v) is 16.4. The molecule has 0 saturated heterocycles. The van der Waals surface area contributed by atoms with E-state index in [1.807, 2.05) is 12.2 Å². The highest BCUT2D eigenvalue weighted by molar-refractivity contribution is 5.62. The number of methoxy groups -OCH3 is 2. The highest BCUT2D eigenvalue weighted by Crippen LogP contribution is 2.31. The third-order valence-corrected chi connectivity index (χ3v) is 4.52. The molecule has 0 fully saturated rings. The molecule has 2 aromatic rings. The average molecular weight is 409 g/mol. The lowest BCUT2D eigenvalue weighted by Gasteiger charge is -2.22. The molecule has 0 amide bonds. The quantitative estimate of drug-likeness (QED) is 0.663. The molecule has 0 atom stereocenters. The van der Waals surface area contributed by atoms with Crippen molar-refractivity contribution in [3.63, 3.8) is 0 Å². The van der Waals surface area contributed by atoms with Gasteiger partial charge in [-0.05, 0) is 18.2 Å². The number of hydrogen-bond acceptors (Lipinski definition) is 8. The van der Waals surface area contributed by atoms with Crippen molar-refractivity contribution in [3.8, 4) is 11.5 Å². The van der Waals surface area contributed by atoms with Crippen LogP contribution < -0.4 is 25.8 Å². The summed E-state index contributed by atoms with van der Waals surface area (Å²) in [5, 5.41) is 6.04. The van der Waals surface area contributed by atoms with Crippen LogP contribution in [0.4, 0.5) is 21.8 Å². The van der Waals surface area contributed by atoms with E-state index in [9.17, 15) is 4.39 Å². The van der Waals surface area contributed by atoms with E-state index in [-0.39, 0.29) is 11.8 Å². The van der Waals surface area contributed by atoms with E-state index in [4.69, 9.17) is 19.9 Å². The summed E-state index contributed by atoms with van der Waals surface area (Å²) in [5.74, 6) is 1.49. The second-order valence-corrected chi connectivity index (χ2v) is 6.50. The van der Waals surface area contributed by atoms with Gasteiger partial charge in [0, 0.05) is 47.3 Å². The van der Waals surface area contributed by atoms with Crippen LogP contribution in [0.2, 0.25) is 0 Å². The number of nitrogens with zero attached hydrogens (tertiary/aromatic N) is 2. The summed E-state index contributed by atoms with van der Waals surface area (Å²) in [6.07, 6.45) is 8.51. The van der Waals surface area contributed by atoms with Gasteiger partial charge in [0.2, 0.25) is 5.95 Å². The Morgan fingerprint density at radius 3 is 2.60 bits per heavy atom. The Labute approximate surface area is 172 Å². The Morgan fingerprint density at radius 2 is 1.87 bits per heavy atom. The molecule has 0 unspecified atom stereocenters. The molecule has 154 valence electrons. The first-order chi connectivity index (χ1) is 14.6. The van der Waals surface area contributed by atoms with Crippen LogP contribution in [0, 0.1) is 5.82 Å². The smallest absolute Gasteiger partial charge is 0.229 e. The standard InChI is InChI=1S/C21H20FN5O3/c1-28-14-7-13(8-15(10-14)29-2)25-20-17(22)11-24-21(27-20)26-12-3-4-19-16(9-12)18(23)5-6-30-19/h3-8,10-11H,9,23H2,1-2H3,(H2,24,25,26,27). The number of hydrogen-bond donors (Lipinski definition) is 3. The van der Waals surface area contributed by atoms with Crippen LogP contribution in [-0.4, -0.2) is 24.2 Å². The third-order valence-electron chi connectivity index (χ3n) is 4.52. The number of fused-ring (bicyclic) bond motifs is 1. The Kier molecular flexibility index (Phi) is 5.25. The highest BCUT2D eigenvalue weighted by atomic mass is 19.1. The molecular weight excluding hydrogens is 389 g/mol. The molecule has 1 aromatic heterocycles. The van der Waals surface area contributed by atoms with Gasteiger partial charge in [-0.25, -0.2) is 9.37 Å².